The number of hydrogen-bond donors (Lipinski definition) is 2. The summed E-state index contributed by atoms with van der Waals surface area (Å²) >= 11 is 5.08. The smallest absolute Gasteiger partial charge is 0.383 e. The maximum atomic E-state index is 12.1. The predicted molar refractivity (Wildman–Crippen MR) is 75.9 cm³/mol. The van der Waals surface area contributed by atoms with Gasteiger partial charge in [0.1, 0.15) is 17.8 Å². The molecule has 22 heavy (non-hydrogen) atoms. The summed E-state index contributed by atoms with van der Waals surface area (Å²) in [5, 5.41) is 10.8. The highest BCUT2D eigenvalue weighted by atomic mass is 32.1. The average molecular weight is 350 g/mol. The van der Waals surface area contributed by atoms with Crippen LogP contribution in [0.2, 0.25) is 0 Å². The molecule has 5 atom stereocenters. The van der Waals surface area contributed by atoms with Crippen LogP contribution in [0.3, 0.4) is 0 Å². The molecule has 2 saturated heterocycles. The number of ether oxygens (including phenoxy) is 1. The number of fused-ring (bicyclic) bond motifs is 1. The molecule has 0 bridgehead atoms. The van der Waals surface area contributed by atoms with Crippen molar-refractivity contribution in [3.63, 3.8) is 0 Å². The molecule has 9 nitrogen and oxygen atoms in total. The molecule has 0 amide bonds. The van der Waals surface area contributed by atoms with Gasteiger partial charge in [0.05, 0.1) is 6.61 Å². The highest BCUT2D eigenvalue weighted by molar-refractivity contribution is 7.71. The average Bonchev–Trinajstić information content (AvgIpc) is 2.71. The second kappa shape index (κ2) is 5.34. The zero-order chi connectivity index (χ0) is 16.1. The van der Waals surface area contributed by atoms with E-state index in [9.17, 15) is 14.5 Å². The van der Waals surface area contributed by atoms with Gasteiger partial charge < -0.3 is 9.84 Å². The van der Waals surface area contributed by atoms with Crippen molar-refractivity contribution in [2.45, 2.75) is 31.0 Å². The summed E-state index contributed by atoms with van der Waals surface area (Å²) in [5.74, 6) is 0. The molecule has 0 aliphatic carbocycles. The Hall–Kier alpha value is -0.870. The van der Waals surface area contributed by atoms with Crippen LogP contribution in [0.25, 0.3) is 0 Å². The first kappa shape index (κ1) is 16.0. The molecule has 2 N–H and O–H groups in total. The molecule has 11 heteroatoms. The monoisotopic (exact) mass is 350 g/mol. The molecule has 2 aliphatic heterocycles. The van der Waals surface area contributed by atoms with E-state index in [-0.39, 0.29) is 16.9 Å². The summed E-state index contributed by atoms with van der Waals surface area (Å²) in [6.45, 7) is 1.42. The Balaban J connectivity index is 1.98. The fourth-order valence-corrected chi connectivity index (χ4v) is 4.05. The van der Waals surface area contributed by atoms with Crippen LogP contribution in [0.15, 0.2) is 17.1 Å². The van der Waals surface area contributed by atoms with Gasteiger partial charge in [0.15, 0.2) is 11.0 Å². The van der Waals surface area contributed by atoms with E-state index in [0.717, 1.165) is 0 Å². The van der Waals surface area contributed by atoms with Crippen LogP contribution in [0.1, 0.15) is 13.2 Å². The molecule has 1 aromatic rings. The number of hydrogen-bond acceptors (Lipinski definition) is 8. The van der Waals surface area contributed by atoms with E-state index in [2.05, 4.69) is 4.98 Å². The van der Waals surface area contributed by atoms with E-state index >= 15 is 0 Å². The van der Waals surface area contributed by atoms with Crippen LogP contribution in [-0.4, -0.2) is 46.2 Å². The highest BCUT2D eigenvalue weighted by Crippen LogP contribution is 2.58. The molecule has 2 fully saturated rings. The van der Waals surface area contributed by atoms with Crippen LogP contribution >= 0.6 is 20.0 Å². The number of aromatic amines is 1. The standard InChI is InChI=1S/C11H15N2O7PS/c1-11(15)8-6(5-18-21(16,17-2)20-8)19-9(11)13-4-3-7(14)12-10(13)22/h3-4,6,8-9,15H,5H2,1-2H3,(H,12,14,22)/t6-,8?,9-,11-,21?/m1/s1. The Morgan fingerprint density at radius 2 is 2.36 bits per heavy atom. The number of H-pyrrole nitrogens is 1. The molecular weight excluding hydrogens is 335 g/mol. The lowest BCUT2D eigenvalue weighted by molar-refractivity contribution is -0.0930. The lowest BCUT2D eigenvalue weighted by Crippen LogP contribution is -2.47. The number of aromatic nitrogens is 2. The molecular formula is C11H15N2O7PS. The third kappa shape index (κ3) is 2.50. The maximum Gasteiger partial charge on any atom is 0.475 e. The Morgan fingerprint density at radius 3 is 3.00 bits per heavy atom. The van der Waals surface area contributed by atoms with E-state index < -0.39 is 31.9 Å². The lowest BCUT2D eigenvalue weighted by Gasteiger charge is -2.34. The lowest BCUT2D eigenvalue weighted by atomic mass is 9.96. The summed E-state index contributed by atoms with van der Waals surface area (Å²) in [4.78, 5) is 13.7. The molecule has 2 aliphatic rings. The number of rotatable bonds is 2. The largest absolute Gasteiger partial charge is 0.475 e. The Bertz CT molecular complexity index is 744. The summed E-state index contributed by atoms with van der Waals surface area (Å²) in [6, 6.07) is 1.26. The SMILES string of the molecule is COP1(=O)OC[C@H]2O[C@@H](n3ccc(=O)[nH]c3=S)[C@](C)(O)C2O1. The van der Waals surface area contributed by atoms with Crippen molar-refractivity contribution in [1.82, 2.24) is 9.55 Å². The second-order valence-electron chi connectivity index (χ2n) is 5.22. The minimum absolute atomic E-state index is 0.0564. The Morgan fingerprint density at radius 1 is 1.64 bits per heavy atom. The number of phosphoric acid groups is 1. The zero-order valence-electron chi connectivity index (χ0n) is 11.8. The van der Waals surface area contributed by atoms with Crippen molar-refractivity contribution in [3.8, 4) is 0 Å². The summed E-state index contributed by atoms with van der Waals surface area (Å²) in [7, 11) is -2.52. The van der Waals surface area contributed by atoms with Crippen molar-refractivity contribution in [1.29, 1.82) is 0 Å². The van der Waals surface area contributed by atoms with Crippen molar-refractivity contribution >= 4 is 20.0 Å². The summed E-state index contributed by atoms with van der Waals surface area (Å²) in [6.07, 6.45) is -1.09. The zero-order valence-corrected chi connectivity index (χ0v) is 13.5. The summed E-state index contributed by atoms with van der Waals surface area (Å²) < 4.78 is 34.4. The second-order valence-corrected chi connectivity index (χ2v) is 7.34. The van der Waals surface area contributed by atoms with E-state index in [1.807, 2.05) is 0 Å². The van der Waals surface area contributed by atoms with Crippen LogP contribution < -0.4 is 5.56 Å². The van der Waals surface area contributed by atoms with Gasteiger partial charge in [0.2, 0.25) is 0 Å². The normalized spacial score (nSPS) is 41.3. The van der Waals surface area contributed by atoms with Gasteiger partial charge >= 0.3 is 7.82 Å². The van der Waals surface area contributed by atoms with Crippen LogP contribution in [-0.2, 0) is 22.9 Å². The predicted octanol–water partition coefficient (Wildman–Crippen LogP) is 0.724. The molecule has 122 valence electrons. The third-order valence-electron chi connectivity index (χ3n) is 3.68. The highest BCUT2D eigenvalue weighted by Gasteiger charge is 2.59. The van der Waals surface area contributed by atoms with Crippen molar-refractivity contribution in [2.24, 2.45) is 0 Å². The number of phosphoric ester groups is 1. The van der Waals surface area contributed by atoms with Crippen LogP contribution in [0, 0.1) is 4.77 Å². The Kier molecular flexibility index (Phi) is 3.89. The van der Waals surface area contributed by atoms with E-state index in [4.69, 9.17) is 30.5 Å². The van der Waals surface area contributed by atoms with Crippen molar-refractivity contribution < 1.29 is 28.0 Å². The quantitative estimate of drug-likeness (QED) is 0.593. The molecule has 0 saturated carbocycles. The van der Waals surface area contributed by atoms with Gasteiger partial charge in [-0.2, -0.15) is 0 Å². The van der Waals surface area contributed by atoms with Crippen LogP contribution in [0.4, 0.5) is 0 Å². The van der Waals surface area contributed by atoms with Gasteiger partial charge in [-0.15, -0.1) is 0 Å². The first-order valence-electron chi connectivity index (χ1n) is 6.45. The molecule has 3 rings (SSSR count). The van der Waals surface area contributed by atoms with Gasteiger partial charge in [-0.1, -0.05) is 0 Å². The molecule has 0 aromatic carbocycles. The Labute approximate surface area is 130 Å². The third-order valence-corrected chi connectivity index (χ3v) is 5.40. The van der Waals surface area contributed by atoms with E-state index in [0.29, 0.717) is 0 Å². The topological polar surface area (TPSA) is 112 Å². The van der Waals surface area contributed by atoms with Crippen molar-refractivity contribution in [3.05, 3.63) is 27.4 Å². The fraction of sp³-hybridized carbons (Fsp3) is 0.636. The minimum Gasteiger partial charge on any atom is -0.383 e. The number of nitrogens with zero attached hydrogens (tertiary/aromatic N) is 1. The van der Waals surface area contributed by atoms with Gasteiger partial charge in [-0.25, -0.2) is 4.57 Å². The summed E-state index contributed by atoms with van der Waals surface area (Å²) in [5.41, 5.74) is -1.92. The van der Waals surface area contributed by atoms with Gasteiger partial charge in [0.25, 0.3) is 5.56 Å². The molecule has 0 spiro atoms. The van der Waals surface area contributed by atoms with E-state index in [1.54, 1.807) is 0 Å². The molecule has 0 radical (unpaired) electrons. The first-order chi connectivity index (χ1) is 10.3. The van der Waals surface area contributed by atoms with Gasteiger partial charge in [-0.05, 0) is 19.1 Å². The van der Waals surface area contributed by atoms with Crippen LogP contribution in [0.5, 0.6) is 0 Å². The number of aliphatic hydroxyl groups is 1. The maximum absolute atomic E-state index is 12.1. The fourth-order valence-electron chi connectivity index (χ4n) is 2.58. The molecule has 3 heterocycles. The number of nitrogens with one attached hydrogen (secondary N) is 1. The van der Waals surface area contributed by atoms with Gasteiger partial charge in [-0.3, -0.25) is 27.9 Å². The van der Waals surface area contributed by atoms with Crippen molar-refractivity contribution in [2.75, 3.05) is 13.7 Å². The first-order valence-corrected chi connectivity index (χ1v) is 8.32. The van der Waals surface area contributed by atoms with E-state index in [1.165, 1.54) is 30.9 Å². The molecule has 1 aromatic heterocycles. The molecule has 2 unspecified atom stereocenters. The van der Waals surface area contributed by atoms with Gasteiger partial charge in [0, 0.05) is 19.4 Å². The minimum atomic E-state index is -3.72.